The second kappa shape index (κ2) is 6.47. The quantitative estimate of drug-likeness (QED) is 0.456. The maximum atomic E-state index is 11.3. The van der Waals surface area contributed by atoms with E-state index in [2.05, 4.69) is 16.0 Å². The topological polar surface area (TPSA) is 82.7 Å². The van der Waals surface area contributed by atoms with Gasteiger partial charge in [0.2, 0.25) is 0 Å². The molecule has 3 N–H and O–H groups in total. The summed E-state index contributed by atoms with van der Waals surface area (Å²) in [5, 5.41) is 8.07. The molecule has 0 saturated carbocycles. The number of imide groups is 1. The number of amides is 3. The van der Waals surface area contributed by atoms with E-state index in [9.17, 15) is 9.59 Å². The molecule has 2 saturated heterocycles. The Labute approximate surface area is 123 Å². The van der Waals surface area contributed by atoms with Crippen molar-refractivity contribution in [3.05, 3.63) is 0 Å². The normalized spacial score (nSPS) is 29.2. The minimum Gasteiger partial charge on any atom is -0.377 e. The molecule has 7 nitrogen and oxygen atoms in total. The Morgan fingerprint density at radius 1 is 1.45 bits per heavy atom. The SMILES string of the molecule is CN(C)C(=S)C1CC(OCCC2NC(=O)NC2=O)CN1. The number of urea groups is 1. The van der Waals surface area contributed by atoms with Crippen LogP contribution in [0, 0.1) is 0 Å². The van der Waals surface area contributed by atoms with E-state index in [1.54, 1.807) is 0 Å². The summed E-state index contributed by atoms with van der Waals surface area (Å²) in [4.78, 5) is 25.1. The molecule has 8 heteroatoms. The Kier molecular flexibility index (Phi) is 4.90. The monoisotopic (exact) mass is 300 g/mol. The van der Waals surface area contributed by atoms with Crippen molar-refractivity contribution in [1.29, 1.82) is 0 Å². The lowest BCUT2D eigenvalue weighted by Gasteiger charge is -2.19. The molecule has 2 heterocycles. The number of hydrogen-bond acceptors (Lipinski definition) is 5. The number of thiocarbonyl (C=S) groups is 1. The first-order valence-electron chi connectivity index (χ1n) is 6.65. The maximum Gasteiger partial charge on any atom is 0.322 e. The van der Waals surface area contributed by atoms with Gasteiger partial charge in [0.25, 0.3) is 5.91 Å². The molecule has 20 heavy (non-hydrogen) atoms. The Morgan fingerprint density at radius 3 is 2.80 bits per heavy atom. The highest BCUT2D eigenvalue weighted by Gasteiger charge is 2.31. The zero-order valence-corrected chi connectivity index (χ0v) is 12.5. The van der Waals surface area contributed by atoms with Gasteiger partial charge in [0.15, 0.2) is 0 Å². The highest BCUT2D eigenvalue weighted by molar-refractivity contribution is 7.80. The molecule has 0 aliphatic carbocycles. The van der Waals surface area contributed by atoms with E-state index in [-0.39, 0.29) is 18.1 Å². The van der Waals surface area contributed by atoms with Gasteiger partial charge in [0.1, 0.15) is 6.04 Å². The van der Waals surface area contributed by atoms with Crippen LogP contribution in [0.5, 0.6) is 0 Å². The summed E-state index contributed by atoms with van der Waals surface area (Å²) >= 11 is 5.33. The molecule has 3 unspecified atom stereocenters. The predicted octanol–water partition coefficient (Wildman–Crippen LogP) is -0.779. The van der Waals surface area contributed by atoms with Crippen LogP contribution in [0.25, 0.3) is 0 Å². The second-order valence-corrected chi connectivity index (χ2v) is 5.64. The fourth-order valence-corrected chi connectivity index (χ4v) is 2.52. The standard InChI is InChI=1S/C12H20N4O3S/c1-16(2)11(20)9-5-7(6-13-9)19-4-3-8-10(17)15-12(18)14-8/h7-9,13H,3-6H2,1-2H3,(H2,14,15,17,18). The van der Waals surface area contributed by atoms with Gasteiger partial charge in [-0.25, -0.2) is 4.79 Å². The molecule has 0 aromatic rings. The molecule has 2 aliphatic rings. The highest BCUT2D eigenvalue weighted by Crippen LogP contribution is 2.14. The number of nitrogens with zero attached hydrogens (tertiary/aromatic N) is 1. The van der Waals surface area contributed by atoms with Gasteiger partial charge in [-0.15, -0.1) is 0 Å². The molecule has 2 fully saturated rings. The second-order valence-electron chi connectivity index (χ2n) is 5.23. The summed E-state index contributed by atoms with van der Waals surface area (Å²) in [6.45, 7) is 1.19. The molecule has 0 aromatic carbocycles. The van der Waals surface area contributed by atoms with E-state index in [4.69, 9.17) is 17.0 Å². The minimum absolute atomic E-state index is 0.0954. The van der Waals surface area contributed by atoms with Crippen LogP contribution >= 0.6 is 12.2 Å². The van der Waals surface area contributed by atoms with Crippen LogP contribution in [0.2, 0.25) is 0 Å². The molecule has 3 amide bonds. The lowest BCUT2D eigenvalue weighted by molar-refractivity contribution is -0.120. The lowest BCUT2D eigenvalue weighted by Crippen LogP contribution is -2.38. The number of likely N-dealkylation sites (N-methyl/N-ethyl adjacent to an activating group) is 1. The molecule has 0 bridgehead atoms. The Bertz CT molecular complexity index is 416. The van der Waals surface area contributed by atoms with E-state index in [1.165, 1.54) is 0 Å². The van der Waals surface area contributed by atoms with Crippen LogP contribution in [0.1, 0.15) is 12.8 Å². The summed E-state index contributed by atoms with van der Waals surface area (Å²) in [5.74, 6) is -0.283. The van der Waals surface area contributed by atoms with Crippen LogP contribution in [0.3, 0.4) is 0 Å². The van der Waals surface area contributed by atoms with Gasteiger partial charge in [-0.05, 0) is 6.42 Å². The van der Waals surface area contributed by atoms with Gasteiger partial charge in [-0.3, -0.25) is 10.1 Å². The summed E-state index contributed by atoms with van der Waals surface area (Å²) in [7, 11) is 3.86. The molecule has 0 aromatic heterocycles. The summed E-state index contributed by atoms with van der Waals surface area (Å²) in [6.07, 6.45) is 1.41. The first kappa shape index (κ1) is 15.1. The molecule has 2 aliphatic heterocycles. The number of nitrogens with one attached hydrogen (secondary N) is 3. The van der Waals surface area contributed by atoms with Crippen molar-refractivity contribution in [3.8, 4) is 0 Å². The number of rotatable bonds is 5. The number of ether oxygens (including phenoxy) is 1. The molecule has 112 valence electrons. The van der Waals surface area contributed by atoms with Gasteiger partial charge < -0.3 is 20.3 Å². The first-order chi connectivity index (χ1) is 9.47. The van der Waals surface area contributed by atoms with Crippen LogP contribution in [-0.4, -0.2) is 67.3 Å². The zero-order valence-electron chi connectivity index (χ0n) is 11.6. The van der Waals surface area contributed by atoms with Gasteiger partial charge in [0.05, 0.1) is 17.1 Å². The summed E-state index contributed by atoms with van der Waals surface area (Å²) in [6, 6.07) is -0.742. The maximum absolute atomic E-state index is 11.3. The predicted molar refractivity (Wildman–Crippen MR) is 77.5 cm³/mol. The third kappa shape index (κ3) is 3.65. The van der Waals surface area contributed by atoms with Gasteiger partial charge in [-0.1, -0.05) is 12.2 Å². The van der Waals surface area contributed by atoms with E-state index < -0.39 is 12.1 Å². The van der Waals surface area contributed by atoms with Crippen molar-refractivity contribution in [2.24, 2.45) is 0 Å². The van der Waals surface area contributed by atoms with Crippen molar-refractivity contribution >= 4 is 29.1 Å². The molecule has 0 radical (unpaired) electrons. The van der Waals surface area contributed by atoms with E-state index in [1.807, 2.05) is 19.0 Å². The summed E-state index contributed by atoms with van der Waals surface area (Å²) in [5.41, 5.74) is 0. The summed E-state index contributed by atoms with van der Waals surface area (Å²) < 4.78 is 5.74. The Hall–Kier alpha value is -1.25. The third-order valence-corrected chi connectivity index (χ3v) is 4.10. The number of carbonyl (C=O) groups excluding carboxylic acids is 2. The highest BCUT2D eigenvalue weighted by atomic mass is 32.1. The van der Waals surface area contributed by atoms with E-state index in [0.29, 0.717) is 13.0 Å². The molecular weight excluding hydrogens is 280 g/mol. The molecule has 2 rings (SSSR count). The number of carbonyl (C=O) groups is 2. The van der Waals surface area contributed by atoms with E-state index >= 15 is 0 Å². The van der Waals surface area contributed by atoms with Crippen LogP contribution in [0.4, 0.5) is 4.79 Å². The largest absolute Gasteiger partial charge is 0.377 e. The van der Waals surface area contributed by atoms with Gasteiger partial charge in [0, 0.05) is 33.7 Å². The fraction of sp³-hybridized carbons (Fsp3) is 0.750. The van der Waals surface area contributed by atoms with Gasteiger partial charge >= 0.3 is 6.03 Å². The van der Waals surface area contributed by atoms with Crippen LogP contribution < -0.4 is 16.0 Å². The van der Waals surface area contributed by atoms with Gasteiger partial charge in [-0.2, -0.15) is 0 Å². The average molecular weight is 300 g/mol. The van der Waals surface area contributed by atoms with Crippen molar-refractivity contribution < 1.29 is 14.3 Å². The van der Waals surface area contributed by atoms with Crippen molar-refractivity contribution in [2.45, 2.75) is 31.0 Å². The Morgan fingerprint density at radius 2 is 2.20 bits per heavy atom. The molecule has 0 spiro atoms. The van der Waals surface area contributed by atoms with Crippen LogP contribution in [-0.2, 0) is 9.53 Å². The van der Waals surface area contributed by atoms with Crippen LogP contribution in [0.15, 0.2) is 0 Å². The Balaban J connectivity index is 1.67. The zero-order chi connectivity index (χ0) is 14.7. The van der Waals surface area contributed by atoms with Crippen molar-refractivity contribution in [1.82, 2.24) is 20.9 Å². The fourth-order valence-electron chi connectivity index (χ4n) is 2.34. The van der Waals surface area contributed by atoms with Crippen molar-refractivity contribution in [2.75, 3.05) is 27.2 Å². The van der Waals surface area contributed by atoms with Crippen molar-refractivity contribution in [3.63, 3.8) is 0 Å². The average Bonchev–Trinajstić information content (AvgIpc) is 2.96. The molecular formula is C12H20N4O3S. The van der Waals surface area contributed by atoms with E-state index in [0.717, 1.165) is 18.0 Å². The smallest absolute Gasteiger partial charge is 0.322 e. The first-order valence-corrected chi connectivity index (χ1v) is 7.05. The minimum atomic E-state index is -0.476. The molecule has 3 atom stereocenters. The lowest BCUT2D eigenvalue weighted by atomic mass is 10.2. The third-order valence-electron chi connectivity index (χ3n) is 3.45. The number of hydrogen-bond donors (Lipinski definition) is 3.